The minimum Gasteiger partial charge on any atom is -0.494 e. The van der Waals surface area contributed by atoms with E-state index in [2.05, 4.69) is 10.0 Å². The average molecular weight is 557 g/mol. The molecule has 0 radical (unpaired) electrons. The van der Waals surface area contributed by atoms with Gasteiger partial charge in [0.2, 0.25) is 15.9 Å². The van der Waals surface area contributed by atoms with Crippen molar-refractivity contribution in [3.05, 3.63) is 83.9 Å². The Hall–Kier alpha value is -3.76. The van der Waals surface area contributed by atoms with Crippen molar-refractivity contribution < 1.29 is 32.2 Å². The first-order chi connectivity index (χ1) is 18.7. The lowest BCUT2D eigenvalue weighted by atomic mass is 10.0. The van der Waals surface area contributed by atoms with Crippen LogP contribution in [0.2, 0.25) is 0 Å². The summed E-state index contributed by atoms with van der Waals surface area (Å²) in [5.41, 5.74) is -0.0531. The molecular formula is C29H36N2O7S. The molecule has 3 rings (SSSR count). The van der Waals surface area contributed by atoms with E-state index in [0.717, 1.165) is 5.56 Å². The van der Waals surface area contributed by atoms with Crippen molar-refractivity contribution in [2.75, 3.05) is 34.0 Å². The van der Waals surface area contributed by atoms with E-state index in [9.17, 15) is 13.2 Å². The van der Waals surface area contributed by atoms with Crippen molar-refractivity contribution >= 4 is 15.9 Å². The molecule has 210 valence electrons. The van der Waals surface area contributed by atoms with Crippen LogP contribution in [-0.4, -0.2) is 53.8 Å². The van der Waals surface area contributed by atoms with Crippen LogP contribution >= 0.6 is 0 Å². The number of benzene rings is 3. The van der Waals surface area contributed by atoms with E-state index in [4.69, 9.17) is 18.9 Å². The van der Waals surface area contributed by atoms with Crippen LogP contribution in [-0.2, 0) is 27.0 Å². The summed E-state index contributed by atoms with van der Waals surface area (Å²) in [6.45, 7) is 3.98. The molecule has 1 unspecified atom stereocenters. The normalized spacial score (nSPS) is 12.7. The Kier molecular flexibility index (Phi) is 10.6. The molecule has 2 N–H and O–H groups in total. The van der Waals surface area contributed by atoms with Gasteiger partial charge in [0.25, 0.3) is 0 Å². The predicted molar refractivity (Wildman–Crippen MR) is 150 cm³/mol. The van der Waals surface area contributed by atoms with Crippen molar-refractivity contribution in [3.63, 3.8) is 0 Å². The number of amides is 1. The quantitative estimate of drug-likeness (QED) is 0.293. The van der Waals surface area contributed by atoms with E-state index >= 15 is 0 Å². The van der Waals surface area contributed by atoms with E-state index in [1.54, 1.807) is 68.8 Å². The maximum Gasteiger partial charge on any atom is 0.244 e. The summed E-state index contributed by atoms with van der Waals surface area (Å²) in [6.07, 6.45) is 0.499. The third-order valence-corrected chi connectivity index (χ3v) is 7.37. The molecule has 1 amide bonds. The van der Waals surface area contributed by atoms with Gasteiger partial charge >= 0.3 is 0 Å². The molecule has 9 nitrogen and oxygen atoms in total. The van der Waals surface area contributed by atoms with Gasteiger partial charge in [-0.15, -0.1) is 0 Å². The van der Waals surface area contributed by atoms with E-state index in [-0.39, 0.29) is 18.9 Å². The lowest BCUT2D eigenvalue weighted by molar-refractivity contribution is -0.127. The molecule has 3 aromatic carbocycles. The van der Waals surface area contributed by atoms with Crippen LogP contribution in [0.25, 0.3) is 0 Å². The monoisotopic (exact) mass is 556 g/mol. The van der Waals surface area contributed by atoms with Gasteiger partial charge in [-0.25, -0.2) is 8.42 Å². The second-order valence-electron chi connectivity index (χ2n) is 9.07. The van der Waals surface area contributed by atoms with Crippen molar-refractivity contribution in [1.29, 1.82) is 0 Å². The van der Waals surface area contributed by atoms with Crippen LogP contribution in [0.15, 0.2) is 72.8 Å². The molecule has 0 saturated heterocycles. The molecule has 0 aliphatic heterocycles. The van der Waals surface area contributed by atoms with Gasteiger partial charge in [0, 0.05) is 6.54 Å². The third kappa shape index (κ3) is 8.90. The summed E-state index contributed by atoms with van der Waals surface area (Å²) in [5, 5.41) is 2.85. The highest BCUT2D eigenvalue weighted by Gasteiger charge is 2.38. The van der Waals surface area contributed by atoms with Crippen LogP contribution in [0.5, 0.6) is 23.0 Å². The Labute approximate surface area is 230 Å². The predicted octanol–water partition coefficient (Wildman–Crippen LogP) is 3.72. The van der Waals surface area contributed by atoms with Gasteiger partial charge in [0.05, 0.1) is 26.6 Å². The van der Waals surface area contributed by atoms with E-state index in [1.807, 2.05) is 25.1 Å². The van der Waals surface area contributed by atoms with Crippen molar-refractivity contribution in [2.24, 2.45) is 0 Å². The molecule has 10 heteroatoms. The molecule has 0 saturated carbocycles. The number of methoxy groups -OCH3 is 2. The molecule has 0 bridgehead atoms. The maximum atomic E-state index is 13.4. The van der Waals surface area contributed by atoms with Crippen LogP contribution in [0.3, 0.4) is 0 Å². The number of rotatable bonds is 15. The molecule has 0 fully saturated rings. The zero-order valence-corrected chi connectivity index (χ0v) is 23.5. The van der Waals surface area contributed by atoms with Crippen LogP contribution < -0.4 is 29.0 Å². The first-order valence-electron chi connectivity index (χ1n) is 12.6. The summed E-state index contributed by atoms with van der Waals surface area (Å²) in [5.74, 6) is 1.58. The highest BCUT2D eigenvalue weighted by Crippen LogP contribution is 2.27. The van der Waals surface area contributed by atoms with Gasteiger partial charge in [-0.2, -0.15) is 4.72 Å². The standard InChI is InChI=1S/C29H36N2O7S/c1-5-37-24-12-14-25(15-13-24)38-21-29(2,31-39(33,34)20-23-9-7-6-8-10-23)28(32)30-18-17-22-11-16-26(35-3)27(19-22)36-4/h6-16,19,31H,5,17-18,20-21H2,1-4H3,(H,30,32). The molecule has 0 aliphatic carbocycles. The molecule has 3 aromatic rings. The fourth-order valence-corrected chi connectivity index (χ4v) is 5.43. The number of carbonyl (C=O) groups is 1. The number of ether oxygens (including phenoxy) is 4. The summed E-state index contributed by atoms with van der Waals surface area (Å²) >= 11 is 0. The van der Waals surface area contributed by atoms with Gasteiger partial charge in [-0.05, 0) is 67.8 Å². The first kappa shape index (κ1) is 29.8. The lowest BCUT2D eigenvalue weighted by Crippen LogP contribution is -2.60. The highest BCUT2D eigenvalue weighted by atomic mass is 32.2. The molecule has 1 atom stereocenters. The van der Waals surface area contributed by atoms with E-state index in [0.29, 0.717) is 41.6 Å². The Morgan fingerprint density at radius 1 is 0.846 bits per heavy atom. The maximum absolute atomic E-state index is 13.4. The summed E-state index contributed by atoms with van der Waals surface area (Å²) in [7, 11) is -0.772. The smallest absolute Gasteiger partial charge is 0.244 e. The van der Waals surface area contributed by atoms with E-state index < -0.39 is 21.5 Å². The van der Waals surface area contributed by atoms with Gasteiger partial charge in [-0.3, -0.25) is 4.79 Å². The van der Waals surface area contributed by atoms with Crippen LogP contribution in [0.4, 0.5) is 0 Å². The third-order valence-electron chi connectivity index (χ3n) is 5.89. The van der Waals surface area contributed by atoms with Crippen molar-refractivity contribution in [1.82, 2.24) is 10.0 Å². The molecule has 0 heterocycles. The second-order valence-corrected chi connectivity index (χ2v) is 10.8. The molecule has 0 aromatic heterocycles. The molecule has 0 aliphatic rings. The fraction of sp³-hybridized carbons (Fsp3) is 0.345. The van der Waals surface area contributed by atoms with Gasteiger partial charge in [0.1, 0.15) is 23.6 Å². The molecule has 39 heavy (non-hydrogen) atoms. The van der Waals surface area contributed by atoms with Gasteiger partial charge in [0.15, 0.2) is 11.5 Å². The summed E-state index contributed by atoms with van der Waals surface area (Å²) in [4.78, 5) is 13.4. The largest absolute Gasteiger partial charge is 0.494 e. The SMILES string of the molecule is CCOc1ccc(OCC(C)(NS(=O)(=O)Cc2ccccc2)C(=O)NCCc2ccc(OC)c(OC)c2)cc1. The average Bonchev–Trinajstić information content (AvgIpc) is 2.92. The Morgan fingerprint density at radius 2 is 1.49 bits per heavy atom. The Balaban J connectivity index is 1.72. The van der Waals surface area contributed by atoms with Crippen LogP contribution in [0, 0.1) is 0 Å². The number of nitrogens with one attached hydrogen (secondary N) is 2. The van der Waals surface area contributed by atoms with Crippen LogP contribution in [0.1, 0.15) is 25.0 Å². The number of carbonyl (C=O) groups excluding carboxylic acids is 1. The minimum atomic E-state index is -3.89. The summed E-state index contributed by atoms with van der Waals surface area (Å²) < 4.78 is 50.7. The van der Waals surface area contributed by atoms with E-state index in [1.165, 1.54) is 6.92 Å². The van der Waals surface area contributed by atoms with Gasteiger partial charge < -0.3 is 24.3 Å². The zero-order chi connectivity index (χ0) is 28.3. The van der Waals surface area contributed by atoms with Crippen molar-refractivity contribution in [2.45, 2.75) is 31.6 Å². The fourth-order valence-electron chi connectivity index (χ4n) is 3.89. The van der Waals surface area contributed by atoms with Crippen molar-refractivity contribution in [3.8, 4) is 23.0 Å². The minimum absolute atomic E-state index is 0.225. The zero-order valence-electron chi connectivity index (χ0n) is 22.7. The highest BCUT2D eigenvalue weighted by molar-refractivity contribution is 7.88. The van der Waals surface area contributed by atoms with Gasteiger partial charge in [-0.1, -0.05) is 36.4 Å². The Morgan fingerprint density at radius 3 is 2.10 bits per heavy atom. The topological polar surface area (TPSA) is 112 Å². The first-order valence-corrected chi connectivity index (χ1v) is 14.2. The second kappa shape index (κ2) is 13.9. The number of hydrogen-bond donors (Lipinski definition) is 2. The number of sulfonamides is 1. The molecule has 0 spiro atoms. The molecular weight excluding hydrogens is 520 g/mol. The Bertz CT molecular complexity index is 1320. The summed E-state index contributed by atoms with van der Waals surface area (Å²) in [6, 6.07) is 21.2. The number of hydrogen-bond acceptors (Lipinski definition) is 7. The lowest BCUT2D eigenvalue weighted by Gasteiger charge is -2.29.